The summed E-state index contributed by atoms with van der Waals surface area (Å²) in [5.41, 5.74) is 3.31. The molecule has 0 aliphatic rings. The molecule has 0 aliphatic carbocycles. The summed E-state index contributed by atoms with van der Waals surface area (Å²) in [5, 5.41) is 4.54. The van der Waals surface area contributed by atoms with Crippen molar-refractivity contribution in [2.24, 2.45) is 0 Å². The summed E-state index contributed by atoms with van der Waals surface area (Å²) >= 11 is 0. The van der Waals surface area contributed by atoms with Crippen LogP contribution in [0.4, 0.5) is 4.39 Å². The van der Waals surface area contributed by atoms with Crippen molar-refractivity contribution in [1.29, 1.82) is 0 Å². The number of unbranched alkanes of at least 4 members (excludes halogenated alkanes) is 1. The summed E-state index contributed by atoms with van der Waals surface area (Å²) in [6.45, 7) is 8.37. The normalized spacial score (nSPS) is 11.6. The second kappa shape index (κ2) is 7.54. The third kappa shape index (κ3) is 3.95. The number of benzene rings is 1. The third-order valence-corrected chi connectivity index (χ3v) is 3.81. The smallest absolute Gasteiger partial charge is 0.123 e. The Kier molecular flexibility index (Phi) is 5.72. The SMILES string of the molecule is CCCCN(C)Cc1cnn(C(C)C)c1-c1ccc(F)cc1. The van der Waals surface area contributed by atoms with Gasteiger partial charge in [0, 0.05) is 23.7 Å². The van der Waals surface area contributed by atoms with Gasteiger partial charge < -0.3 is 4.90 Å². The molecule has 1 aromatic heterocycles. The molecule has 0 bridgehead atoms. The van der Waals surface area contributed by atoms with Crippen molar-refractivity contribution in [3.05, 3.63) is 41.8 Å². The van der Waals surface area contributed by atoms with Crippen LogP contribution in [0.3, 0.4) is 0 Å². The van der Waals surface area contributed by atoms with E-state index in [4.69, 9.17) is 0 Å². The number of aromatic nitrogens is 2. The Bertz CT molecular complexity index is 587. The molecule has 0 atom stereocenters. The van der Waals surface area contributed by atoms with Crippen LogP contribution < -0.4 is 0 Å². The zero-order valence-corrected chi connectivity index (χ0v) is 14.0. The first kappa shape index (κ1) is 16.7. The van der Waals surface area contributed by atoms with Crippen molar-refractivity contribution in [2.75, 3.05) is 13.6 Å². The molecule has 0 spiro atoms. The van der Waals surface area contributed by atoms with Crippen LogP contribution in [0, 0.1) is 5.82 Å². The second-order valence-electron chi connectivity index (χ2n) is 6.15. The molecule has 0 amide bonds. The fourth-order valence-electron chi connectivity index (χ4n) is 2.63. The van der Waals surface area contributed by atoms with E-state index in [-0.39, 0.29) is 11.9 Å². The van der Waals surface area contributed by atoms with Crippen LogP contribution >= 0.6 is 0 Å². The van der Waals surface area contributed by atoms with Gasteiger partial charge in [-0.25, -0.2) is 4.39 Å². The molecule has 1 heterocycles. The minimum Gasteiger partial charge on any atom is -0.302 e. The van der Waals surface area contributed by atoms with Crippen molar-refractivity contribution < 1.29 is 4.39 Å². The Morgan fingerprint density at radius 1 is 1.23 bits per heavy atom. The molecule has 3 nitrogen and oxygen atoms in total. The molecule has 4 heteroatoms. The predicted octanol–water partition coefficient (Wildman–Crippen LogP) is 4.50. The molecule has 0 radical (unpaired) electrons. The standard InChI is InChI=1S/C18H26FN3/c1-5-6-11-21(4)13-16-12-20-22(14(2)3)18(16)15-7-9-17(19)10-8-15/h7-10,12,14H,5-6,11,13H2,1-4H3. The van der Waals surface area contributed by atoms with Crippen LogP contribution in [0.15, 0.2) is 30.5 Å². The average Bonchev–Trinajstić information content (AvgIpc) is 2.89. The second-order valence-corrected chi connectivity index (χ2v) is 6.15. The van der Waals surface area contributed by atoms with E-state index in [1.54, 1.807) is 0 Å². The number of nitrogens with zero attached hydrogens (tertiary/aromatic N) is 3. The monoisotopic (exact) mass is 303 g/mol. The van der Waals surface area contributed by atoms with E-state index >= 15 is 0 Å². The first-order chi connectivity index (χ1) is 10.5. The number of halogens is 1. The maximum absolute atomic E-state index is 13.2. The Balaban J connectivity index is 2.32. The van der Waals surface area contributed by atoms with Gasteiger partial charge in [-0.3, -0.25) is 4.68 Å². The van der Waals surface area contributed by atoms with Gasteiger partial charge in [-0.15, -0.1) is 0 Å². The quantitative estimate of drug-likeness (QED) is 0.751. The predicted molar refractivity (Wildman–Crippen MR) is 89.2 cm³/mol. The summed E-state index contributed by atoms with van der Waals surface area (Å²) < 4.78 is 15.2. The van der Waals surface area contributed by atoms with Gasteiger partial charge in [0.25, 0.3) is 0 Å². The minimum absolute atomic E-state index is 0.207. The lowest BCUT2D eigenvalue weighted by Crippen LogP contribution is -2.19. The Morgan fingerprint density at radius 3 is 2.50 bits per heavy atom. The highest BCUT2D eigenvalue weighted by Crippen LogP contribution is 2.27. The van der Waals surface area contributed by atoms with E-state index in [2.05, 4.69) is 37.8 Å². The van der Waals surface area contributed by atoms with Gasteiger partial charge >= 0.3 is 0 Å². The molecule has 0 saturated heterocycles. The number of rotatable bonds is 7. The van der Waals surface area contributed by atoms with Crippen molar-refractivity contribution in [2.45, 2.75) is 46.2 Å². The van der Waals surface area contributed by atoms with Crippen LogP contribution in [0.25, 0.3) is 11.3 Å². The molecule has 120 valence electrons. The van der Waals surface area contributed by atoms with Crippen molar-refractivity contribution in [3.63, 3.8) is 0 Å². The Morgan fingerprint density at radius 2 is 1.91 bits per heavy atom. The summed E-state index contributed by atoms with van der Waals surface area (Å²) in [7, 11) is 2.14. The van der Waals surface area contributed by atoms with Crippen molar-refractivity contribution in [3.8, 4) is 11.3 Å². The van der Waals surface area contributed by atoms with Gasteiger partial charge in [0.2, 0.25) is 0 Å². The molecule has 1 aromatic carbocycles. The van der Waals surface area contributed by atoms with Gasteiger partial charge in [0.15, 0.2) is 0 Å². The fourth-order valence-corrected chi connectivity index (χ4v) is 2.63. The summed E-state index contributed by atoms with van der Waals surface area (Å²) in [5.74, 6) is -0.207. The molecule has 0 saturated carbocycles. The lowest BCUT2D eigenvalue weighted by atomic mass is 10.1. The maximum atomic E-state index is 13.2. The summed E-state index contributed by atoms with van der Waals surface area (Å²) in [6.07, 6.45) is 4.34. The largest absolute Gasteiger partial charge is 0.302 e. The first-order valence-corrected chi connectivity index (χ1v) is 8.03. The van der Waals surface area contributed by atoms with Crippen molar-refractivity contribution in [1.82, 2.24) is 14.7 Å². The van der Waals surface area contributed by atoms with Gasteiger partial charge in [-0.1, -0.05) is 13.3 Å². The molecular weight excluding hydrogens is 277 g/mol. The molecule has 2 aromatic rings. The van der Waals surface area contributed by atoms with E-state index in [9.17, 15) is 4.39 Å². The minimum atomic E-state index is -0.207. The zero-order valence-electron chi connectivity index (χ0n) is 14.0. The third-order valence-electron chi connectivity index (χ3n) is 3.81. The van der Waals surface area contributed by atoms with Crippen LogP contribution in [0.5, 0.6) is 0 Å². The van der Waals surface area contributed by atoms with Gasteiger partial charge in [0.05, 0.1) is 11.9 Å². The molecule has 0 fully saturated rings. The highest BCUT2D eigenvalue weighted by atomic mass is 19.1. The Hall–Kier alpha value is -1.68. The average molecular weight is 303 g/mol. The van der Waals surface area contributed by atoms with E-state index in [1.807, 2.05) is 23.0 Å². The van der Waals surface area contributed by atoms with E-state index in [0.717, 1.165) is 24.3 Å². The molecule has 22 heavy (non-hydrogen) atoms. The Labute approximate surface area is 132 Å². The highest BCUT2D eigenvalue weighted by Gasteiger charge is 2.16. The van der Waals surface area contributed by atoms with Crippen LogP contribution in [0.1, 0.15) is 45.2 Å². The lowest BCUT2D eigenvalue weighted by molar-refractivity contribution is 0.321. The molecule has 0 N–H and O–H groups in total. The molecule has 0 aliphatic heterocycles. The lowest BCUT2D eigenvalue weighted by Gasteiger charge is -2.18. The van der Waals surface area contributed by atoms with Crippen LogP contribution in [0.2, 0.25) is 0 Å². The molecule has 2 rings (SSSR count). The first-order valence-electron chi connectivity index (χ1n) is 8.03. The van der Waals surface area contributed by atoms with E-state index in [0.29, 0.717) is 0 Å². The summed E-state index contributed by atoms with van der Waals surface area (Å²) in [4.78, 5) is 2.32. The molecular formula is C18H26FN3. The highest BCUT2D eigenvalue weighted by molar-refractivity contribution is 5.63. The van der Waals surface area contributed by atoms with Gasteiger partial charge in [0.1, 0.15) is 5.82 Å². The van der Waals surface area contributed by atoms with Crippen LogP contribution in [-0.4, -0.2) is 28.3 Å². The fraction of sp³-hybridized carbons (Fsp3) is 0.500. The van der Waals surface area contributed by atoms with Crippen molar-refractivity contribution >= 4 is 0 Å². The van der Waals surface area contributed by atoms with E-state index in [1.165, 1.54) is 30.5 Å². The topological polar surface area (TPSA) is 21.1 Å². The number of hydrogen-bond acceptors (Lipinski definition) is 2. The number of hydrogen-bond donors (Lipinski definition) is 0. The van der Waals surface area contributed by atoms with Gasteiger partial charge in [-0.2, -0.15) is 5.10 Å². The maximum Gasteiger partial charge on any atom is 0.123 e. The van der Waals surface area contributed by atoms with E-state index < -0.39 is 0 Å². The molecule has 0 unspecified atom stereocenters. The zero-order chi connectivity index (χ0) is 16.1. The van der Waals surface area contributed by atoms with Gasteiger partial charge in [-0.05, 0) is 58.1 Å². The summed E-state index contributed by atoms with van der Waals surface area (Å²) in [6, 6.07) is 6.96. The van der Waals surface area contributed by atoms with Crippen LogP contribution in [-0.2, 0) is 6.54 Å².